The molecule has 1 unspecified atom stereocenters. The van der Waals surface area contributed by atoms with Crippen LogP contribution in [0.25, 0.3) is 11.5 Å². The van der Waals surface area contributed by atoms with Gasteiger partial charge in [0.15, 0.2) is 0 Å². The molecule has 1 aliphatic carbocycles. The number of nitrogens with one attached hydrogen (secondary N) is 1. The van der Waals surface area contributed by atoms with Crippen LogP contribution in [0.2, 0.25) is 0 Å². The number of hydrogen-bond donors (Lipinski definition) is 1. The Morgan fingerprint density at radius 2 is 2.33 bits per heavy atom. The Labute approximate surface area is 106 Å². The first-order valence-corrected chi connectivity index (χ1v) is 6.28. The molecule has 94 valence electrons. The predicted molar refractivity (Wildman–Crippen MR) is 66.8 cm³/mol. The maximum Gasteiger partial charge on any atom is 0.228 e. The number of hydrogen-bond acceptors (Lipinski definition) is 5. The first-order chi connectivity index (χ1) is 8.86. The lowest BCUT2D eigenvalue weighted by Gasteiger charge is -2.11. The molecule has 5 nitrogen and oxygen atoms in total. The number of likely N-dealkylation sites (N-methyl/N-ethyl adjacent to an activating group) is 1. The zero-order valence-electron chi connectivity index (χ0n) is 10.3. The van der Waals surface area contributed by atoms with Crippen molar-refractivity contribution in [3.63, 3.8) is 0 Å². The number of nitrogens with zero attached hydrogens (tertiary/aromatic N) is 3. The summed E-state index contributed by atoms with van der Waals surface area (Å²) >= 11 is 0. The fourth-order valence-corrected chi connectivity index (χ4v) is 2.13. The Kier molecular flexibility index (Phi) is 3.06. The molecule has 2 aromatic heterocycles. The molecule has 0 saturated heterocycles. The second-order valence-corrected chi connectivity index (χ2v) is 4.66. The topological polar surface area (TPSA) is 63.8 Å². The van der Waals surface area contributed by atoms with Gasteiger partial charge in [0.2, 0.25) is 11.7 Å². The first kappa shape index (κ1) is 11.3. The number of aromatic nitrogens is 3. The van der Waals surface area contributed by atoms with Crippen LogP contribution in [0.1, 0.15) is 18.7 Å². The summed E-state index contributed by atoms with van der Waals surface area (Å²) in [6.07, 6.45) is 5.12. The van der Waals surface area contributed by atoms with Crippen molar-refractivity contribution < 1.29 is 4.52 Å². The standard InChI is InChI=1S/C13H16N4O/c1-14-11(9-5-6-9)8-12-16-13(17-18-12)10-4-2-3-7-15-10/h2-4,7,9,11,14H,5-6,8H2,1H3. The van der Waals surface area contributed by atoms with E-state index in [0.29, 0.717) is 17.8 Å². The summed E-state index contributed by atoms with van der Waals surface area (Å²) in [5.74, 6) is 2.01. The van der Waals surface area contributed by atoms with Crippen LogP contribution < -0.4 is 5.32 Å². The van der Waals surface area contributed by atoms with E-state index in [9.17, 15) is 0 Å². The zero-order chi connectivity index (χ0) is 12.4. The lowest BCUT2D eigenvalue weighted by atomic mass is 10.1. The van der Waals surface area contributed by atoms with Crippen LogP contribution >= 0.6 is 0 Å². The van der Waals surface area contributed by atoms with E-state index in [-0.39, 0.29) is 0 Å². The summed E-state index contributed by atoms with van der Waals surface area (Å²) < 4.78 is 5.29. The van der Waals surface area contributed by atoms with Crippen molar-refractivity contribution in [3.8, 4) is 11.5 Å². The molecule has 0 bridgehead atoms. The van der Waals surface area contributed by atoms with Crippen LogP contribution in [0.3, 0.4) is 0 Å². The van der Waals surface area contributed by atoms with Crippen molar-refractivity contribution in [1.82, 2.24) is 20.4 Å². The molecule has 0 radical (unpaired) electrons. The summed E-state index contributed by atoms with van der Waals surface area (Å²) in [4.78, 5) is 8.61. The largest absolute Gasteiger partial charge is 0.339 e. The molecular weight excluding hydrogens is 228 g/mol. The molecule has 1 atom stereocenters. The highest BCUT2D eigenvalue weighted by atomic mass is 16.5. The molecule has 0 aliphatic heterocycles. The van der Waals surface area contributed by atoms with Crippen molar-refractivity contribution in [2.45, 2.75) is 25.3 Å². The van der Waals surface area contributed by atoms with Crippen LogP contribution in [-0.2, 0) is 6.42 Å². The zero-order valence-corrected chi connectivity index (χ0v) is 10.3. The maximum absolute atomic E-state index is 5.29. The molecule has 0 amide bonds. The molecule has 1 fully saturated rings. The predicted octanol–water partition coefficient (Wildman–Crippen LogP) is 1.67. The lowest BCUT2D eigenvalue weighted by Crippen LogP contribution is -2.29. The summed E-state index contributed by atoms with van der Waals surface area (Å²) in [6, 6.07) is 6.11. The minimum absolute atomic E-state index is 0.446. The molecular formula is C13H16N4O. The van der Waals surface area contributed by atoms with Crippen LogP contribution in [0.4, 0.5) is 0 Å². The van der Waals surface area contributed by atoms with Gasteiger partial charge in [0.05, 0.1) is 0 Å². The highest BCUT2D eigenvalue weighted by Gasteiger charge is 2.31. The van der Waals surface area contributed by atoms with Crippen molar-refractivity contribution in [2.24, 2.45) is 5.92 Å². The summed E-state index contributed by atoms with van der Waals surface area (Å²) in [5.41, 5.74) is 0.750. The van der Waals surface area contributed by atoms with Crippen LogP contribution in [-0.4, -0.2) is 28.2 Å². The van der Waals surface area contributed by atoms with Gasteiger partial charge in [-0.2, -0.15) is 4.98 Å². The maximum atomic E-state index is 5.29. The number of rotatable bonds is 5. The SMILES string of the molecule is CNC(Cc1nc(-c2ccccn2)no1)C1CC1. The quantitative estimate of drug-likeness (QED) is 0.866. The molecule has 2 aromatic rings. The van der Waals surface area contributed by atoms with E-state index >= 15 is 0 Å². The van der Waals surface area contributed by atoms with Crippen molar-refractivity contribution in [2.75, 3.05) is 7.05 Å². The van der Waals surface area contributed by atoms with E-state index in [1.165, 1.54) is 12.8 Å². The summed E-state index contributed by atoms with van der Waals surface area (Å²) in [5, 5.41) is 7.30. The molecule has 3 rings (SSSR count). The highest BCUT2D eigenvalue weighted by molar-refractivity contribution is 5.47. The Balaban J connectivity index is 1.73. The molecule has 1 aliphatic rings. The minimum atomic E-state index is 0.446. The Hall–Kier alpha value is -1.75. The summed E-state index contributed by atoms with van der Waals surface area (Å²) in [7, 11) is 1.99. The third kappa shape index (κ3) is 2.41. The van der Waals surface area contributed by atoms with Gasteiger partial charge < -0.3 is 9.84 Å². The average molecular weight is 244 g/mol. The molecule has 5 heteroatoms. The fraction of sp³-hybridized carbons (Fsp3) is 0.462. The smallest absolute Gasteiger partial charge is 0.228 e. The lowest BCUT2D eigenvalue weighted by molar-refractivity contribution is 0.352. The molecule has 1 saturated carbocycles. The van der Waals surface area contributed by atoms with Crippen LogP contribution in [0.15, 0.2) is 28.9 Å². The molecule has 2 heterocycles. The Morgan fingerprint density at radius 3 is 3.00 bits per heavy atom. The molecule has 18 heavy (non-hydrogen) atoms. The number of pyridine rings is 1. The van der Waals surface area contributed by atoms with E-state index in [1.54, 1.807) is 6.20 Å². The van der Waals surface area contributed by atoms with E-state index in [1.807, 2.05) is 25.2 Å². The van der Waals surface area contributed by atoms with Crippen molar-refractivity contribution >= 4 is 0 Å². The van der Waals surface area contributed by atoms with Gasteiger partial charge in [-0.1, -0.05) is 11.2 Å². The fourth-order valence-electron chi connectivity index (χ4n) is 2.13. The van der Waals surface area contributed by atoms with Crippen molar-refractivity contribution in [3.05, 3.63) is 30.3 Å². The van der Waals surface area contributed by atoms with E-state index in [0.717, 1.165) is 18.0 Å². The van der Waals surface area contributed by atoms with Crippen LogP contribution in [0.5, 0.6) is 0 Å². The van der Waals surface area contributed by atoms with E-state index < -0.39 is 0 Å². The van der Waals surface area contributed by atoms with Crippen LogP contribution in [0, 0.1) is 5.92 Å². The van der Waals surface area contributed by atoms with Gasteiger partial charge in [-0.3, -0.25) is 4.98 Å². The highest BCUT2D eigenvalue weighted by Crippen LogP contribution is 2.33. The minimum Gasteiger partial charge on any atom is -0.339 e. The second-order valence-electron chi connectivity index (χ2n) is 4.66. The third-order valence-electron chi connectivity index (χ3n) is 3.32. The first-order valence-electron chi connectivity index (χ1n) is 6.28. The van der Waals surface area contributed by atoms with Crippen molar-refractivity contribution in [1.29, 1.82) is 0 Å². The van der Waals surface area contributed by atoms with E-state index in [2.05, 4.69) is 20.4 Å². The summed E-state index contributed by atoms with van der Waals surface area (Å²) in [6.45, 7) is 0. The third-order valence-corrected chi connectivity index (χ3v) is 3.32. The van der Waals surface area contributed by atoms with Gasteiger partial charge in [0.25, 0.3) is 0 Å². The average Bonchev–Trinajstić information content (AvgIpc) is 3.16. The van der Waals surface area contributed by atoms with Gasteiger partial charge >= 0.3 is 0 Å². The Morgan fingerprint density at radius 1 is 1.44 bits per heavy atom. The Bertz CT molecular complexity index is 507. The monoisotopic (exact) mass is 244 g/mol. The second kappa shape index (κ2) is 4.86. The molecule has 0 aromatic carbocycles. The van der Waals surface area contributed by atoms with Gasteiger partial charge in [-0.25, -0.2) is 0 Å². The van der Waals surface area contributed by atoms with Gasteiger partial charge in [-0.15, -0.1) is 0 Å². The van der Waals surface area contributed by atoms with Gasteiger partial charge in [0.1, 0.15) is 5.69 Å². The molecule has 0 spiro atoms. The van der Waals surface area contributed by atoms with Gasteiger partial charge in [-0.05, 0) is 37.9 Å². The van der Waals surface area contributed by atoms with E-state index in [4.69, 9.17) is 4.52 Å². The normalized spacial score (nSPS) is 16.7. The molecule has 1 N–H and O–H groups in total. The van der Waals surface area contributed by atoms with Gasteiger partial charge in [0, 0.05) is 18.7 Å².